The second-order valence-electron chi connectivity index (χ2n) is 9.06. The number of hydrogen-bond acceptors (Lipinski definition) is 3. The Morgan fingerprint density at radius 3 is 2.22 bits per heavy atom. The first-order valence-corrected chi connectivity index (χ1v) is 13.8. The number of benzene rings is 2. The van der Waals surface area contributed by atoms with E-state index in [1.165, 1.54) is 79.2 Å². The van der Waals surface area contributed by atoms with E-state index in [2.05, 4.69) is 56.3 Å². The second kappa shape index (κ2) is 14.6. The van der Waals surface area contributed by atoms with Crippen molar-refractivity contribution in [1.29, 1.82) is 0 Å². The Labute approximate surface area is 197 Å². The van der Waals surface area contributed by atoms with Crippen molar-refractivity contribution >= 4 is 11.1 Å². The summed E-state index contributed by atoms with van der Waals surface area (Å²) in [5.74, 6) is 1.74. The molecule has 1 atom stereocenters. The van der Waals surface area contributed by atoms with Gasteiger partial charge in [0.2, 0.25) is 0 Å². The zero-order chi connectivity index (χ0) is 23.3. The van der Waals surface area contributed by atoms with Crippen LogP contribution in [0.5, 0.6) is 0 Å². The van der Waals surface area contributed by atoms with Gasteiger partial charge in [-0.15, -0.1) is 0 Å². The van der Waals surface area contributed by atoms with Gasteiger partial charge >= 0.3 is 0 Å². The van der Waals surface area contributed by atoms with Crippen LogP contribution in [0.15, 0.2) is 42.5 Å². The molecule has 1 unspecified atom stereocenters. The van der Waals surface area contributed by atoms with Gasteiger partial charge in [-0.05, 0) is 84.4 Å². The van der Waals surface area contributed by atoms with Gasteiger partial charge in [-0.2, -0.15) is 0 Å². The molecule has 0 saturated heterocycles. The molecule has 1 N–H and O–H groups in total. The third-order valence-corrected chi connectivity index (χ3v) is 6.71. The molecule has 32 heavy (non-hydrogen) atoms. The van der Waals surface area contributed by atoms with E-state index >= 15 is 0 Å². The Balaban J connectivity index is 0.000000837. The molecular formula is C28H41O3S-. The molecule has 0 aromatic heterocycles. The smallest absolute Gasteiger partial charge is 0.0471 e. The van der Waals surface area contributed by atoms with Crippen molar-refractivity contribution in [3.8, 4) is 11.1 Å². The highest BCUT2D eigenvalue weighted by molar-refractivity contribution is 7.78. The Hall–Kier alpha value is -1.49. The molecule has 0 radical (unpaired) electrons. The molecule has 1 saturated carbocycles. The monoisotopic (exact) mass is 457 g/mol. The molecule has 2 aromatic rings. The summed E-state index contributed by atoms with van der Waals surface area (Å²) >= 11 is -1.86. The predicted octanol–water partition coefficient (Wildman–Crippen LogP) is 6.80. The van der Waals surface area contributed by atoms with Crippen molar-refractivity contribution in [3.63, 3.8) is 0 Å². The minimum Gasteiger partial charge on any atom is -0.773 e. The van der Waals surface area contributed by atoms with Crippen LogP contribution < -0.4 is 0 Å². The van der Waals surface area contributed by atoms with E-state index in [1.807, 2.05) is 0 Å². The summed E-state index contributed by atoms with van der Waals surface area (Å²) in [6.07, 6.45) is 14.0. The summed E-state index contributed by atoms with van der Waals surface area (Å²) in [7, 11) is 0. The highest BCUT2D eigenvalue weighted by atomic mass is 32.2. The number of aliphatic hydroxyl groups excluding tert-OH is 1. The van der Waals surface area contributed by atoms with Crippen molar-refractivity contribution in [1.82, 2.24) is 0 Å². The van der Waals surface area contributed by atoms with Gasteiger partial charge in [0, 0.05) is 6.61 Å². The fraction of sp³-hybridized carbons (Fsp3) is 0.571. The normalized spacial score (nSPS) is 19.2. The van der Waals surface area contributed by atoms with Gasteiger partial charge in [-0.1, -0.05) is 93.1 Å². The quantitative estimate of drug-likeness (QED) is 0.333. The minimum absolute atomic E-state index is 0.220. The van der Waals surface area contributed by atoms with Crippen molar-refractivity contribution in [2.24, 2.45) is 5.92 Å². The molecular weight excluding hydrogens is 416 g/mol. The SMILES string of the molecule is CCCCCC1CCC(c2ccc(-c3ccc(CCO)cc3CC)cc2)CC1.CS(=O)[O-]. The van der Waals surface area contributed by atoms with Crippen LogP contribution >= 0.6 is 0 Å². The number of rotatable bonds is 9. The van der Waals surface area contributed by atoms with Crippen LogP contribution in [0.4, 0.5) is 0 Å². The maximum Gasteiger partial charge on any atom is 0.0471 e. The van der Waals surface area contributed by atoms with E-state index in [4.69, 9.17) is 8.76 Å². The summed E-state index contributed by atoms with van der Waals surface area (Å²) in [5, 5.41) is 9.19. The number of aryl methyl sites for hydroxylation is 1. The predicted molar refractivity (Wildman–Crippen MR) is 136 cm³/mol. The molecule has 4 heteroatoms. The van der Waals surface area contributed by atoms with E-state index in [0.29, 0.717) is 0 Å². The highest BCUT2D eigenvalue weighted by Gasteiger charge is 2.22. The Morgan fingerprint density at radius 1 is 1.00 bits per heavy atom. The average Bonchev–Trinajstić information content (AvgIpc) is 2.80. The van der Waals surface area contributed by atoms with Crippen LogP contribution in [0.1, 0.15) is 87.8 Å². The first-order chi connectivity index (χ1) is 15.5. The van der Waals surface area contributed by atoms with E-state index < -0.39 is 11.1 Å². The van der Waals surface area contributed by atoms with Crippen LogP contribution in [-0.2, 0) is 23.9 Å². The van der Waals surface area contributed by atoms with Gasteiger partial charge in [0.1, 0.15) is 0 Å². The summed E-state index contributed by atoms with van der Waals surface area (Å²) in [5.41, 5.74) is 6.81. The molecule has 3 nitrogen and oxygen atoms in total. The van der Waals surface area contributed by atoms with E-state index in [-0.39, 0.29) is 6.61 Å². The van der Waals surface area contributed by atoms with Crippen molar-refractivity contribution in [3.05, 3.63) is 59.2 Å². The second-order valence-corrected chi connectivity index (χ2v) is 9.86. The lowest BCUT2D eigenvalue weighted by atomic mass is 9.77. The fourth-order valence-corrected chi connectivity index (χ4v) is 4.91. The molecule has 178 valence electrons. The van der Waals surface area contributed by atoms with Crippen LogP contribution in [0, 0.1) is 5.92 Å². The maximum absolute atomic E-state index is 9.19. The Kier molecular flexibility index (Phi) is 12.2. The fourth-order valence-electron chi connectivity index (χ4n) is 4.91. The topological polar surface area (TPSA) is 60.4 Å². The van der Waals surface area contributed by atoms with Crippen LogP contribution in [-0.4, -0.2) is 26.7 Å². The minimum atomic E-state index is -1.86. The first kappa shape index (κ1) is 26.8. The van der Waals surface area contributed by atoms with Crippen LogP contribution in [0.3, 0.4) is 0 Å². The molecule has 1 aliphatic rings. The molecule has 3 rings (SSSR count). The molecule has 0 heterocycles. The Bertz CT molecular complexity index is 804. The Morgan fingerprint density at radius 2 is 1.66 bits per heavy atom. The third-order valence-electron chi connectivity index (χ3n) is 6.71. The van der Waals surface area contributed by atoms with Crippen molar-refractivity contribution < 1.29 is 13.9 Å². The van der Waals surface area contributed by atoms with Crippen molar-refractivity contribution in [2.75, 3.05) is 12.9 Å². The maximum atomic E-state index is 9.19. The average molecular weight is 458 g/mol. The highest BCUT2D eigenvalue weighted by Crippen LogP contribution is 2.38. The first-order valence-electron chi connectivity index (χ1n) is 12.3. The molecule has 0 bridgehead atoms. The number of hydrogen-bond donors (Lipinski definition) is 1. The number of unbranched alkanes of at least 4 members (excludes halogenated alkanes) is 2. The summed E-state index contributed by atoms with van der Waals surface area (Å²) in [6, 6.07) is 16.1. The summed E-state index contributed by atoms with van der Waals surface area (Å²) < 4.78 is 18.0. The molecule has 2 aromatic carbocycles. The van der Waals surface area contributed by atoms with E-state index in [0.717, 1.165) is 30.9 Å². The van der Waals surface area contributed by atoms with Gasteiger partial charge in [-0.25, -0.2) is 0 Å². The summed E-state index contributed by atoms with van der Waals surface area (Å²) in [4.78, 5) is 0. The van der Waals surface area contributed by atoms with Crippen LogP contribution in [0.25, 0.3) is 11.1 Å². The zero-order valence-electron chi connectivity index (χ0n) is 20.1. The molecule has 1 fully saturated rings. The van der Waals surface area contributed by atoms with E-state index in [1.54, 1.807) is 0 Å². The zero-order valence-corrected chi connectivity index (χ0v) is 21.0. The number of aliphatic hydroxyl groups is 1. The lowest BCUT2D eigenvalue weighted by Gasteiger charge is -2.29. The van der Waals surface area contributed by atoms with Crippen molar-refractivity contribution in [2.45, 2.75) is 84.0 Å². The third kappa shape index (κ3) is 8.80. The van der Waals surface area contributed by atoms with Crippen LogP contribution in [0.2, 0.25) is 0 Å². The lowest BCUT2D eigenvalue weighted by molar-refractivity contribution is 0.299. The molecule has 0 aliphatic heterocycles. The van der Waals surface area contributed by atoms with Gasteiger partial charge in [-0.3, -0.25) is 4.21 Å². The standard InChI is InChI=1S/C27H38O.CH4O2S/c1-3-5-6-7-21-8-11-24(12-9-21)25-13-15-26(16-14-25)27-17-10-22(18-19-28)20-23(27)4-2;1-4(2)3/h10,13-17,20-21,24,28H,3-9,11-12,18-19H2,1-2H3;1H3,(H,2,3)/p-1. The van der Waals surface area contributed by atoms with Gasteiger partial charge in [0.15, 0.2) is 0 Å². The van der Waals surface area contributed by atoms with Gasteiger partial charge in [0.05, 0.1) is 0 Å². The van der Waals surface area contributed by atoms with E-state index in [9.17, 15) is 5.11 Å². The summed E-state index contributed by atoms with van der Waals surface area (Å²) in [6.45, 7) is 4.74. The van der Waals surface area contributed by atoms with Gasteiger partial charge in [0.25, 0.3) is 0 Å². The largest absolute Gasteiger partial charge is 0.773 e. The lowest BCUT2D eigenvalue weighted by Crippen LogP contribution is -2.13. The molecule has 0 amide bonds. The molecule has 0 spiro atoms. The van der Waals surface area contributed by atoms with Gasteiger partial charge < -0.3 is 9.66 Å². The molecule has 1 aliphatic carbocycles.